The van der Waals surface area contributed by atoms with Gasteiger partial charge in [-0.15, -0.1) is 24.0 Å². The lowest BCUT2D eigenvalue weighted by Gasteiger charge is -2.21. The predicted octanol–water partition coefficient (Wildman–Crippen LogP) is 3.12. The Hall–Kier alpha value is -1.35. The molecule has 1 aromatic rings. The number of benzene rings is 1. The van der Waals surface area contributed by atoms with E-state index in [-0.39, 0.29) is 42.0 Å². The fourth-order valence-corrected chi connectivity index (χ4v) is 2.67. The van der Waals surface area contributed by atoms with Gasteiger partial charge >= 0.3 is 0 Å². The summed E-state index contributed by atoms with van der Waals surface area (Å²) in [5, 5.41) is 9.22. The Kier molecular flexibility index (Phi) is 13.1. The summed E-state index contributed by atoms with van der Waals surface area (Å²) in [6.07, 6.45) is 0. The Morgan fingerprint density at radius 1 is 1.07 bits per heavy atom. The summed E-state index contributed by atoms with van der Waals surface area (Å²) in [5.41, 5.74) is 2.23. The second-order valence-corrected chi connectivity index (χ2v) is 7.63. The van der Waals surface area contributed by atoms with Crippen LogP contribution in [0.1, 0.15) is 52.7 Å². The number of hydrogen-bond acceptors (Lipinski definition) is 3. The number of halogens is 1. The van der Waals surface area contributed by atoms with E-state index in [9.17, 15) is 4.79 Å². The number of hydrogen-bond donors (Lipinski definition) is 3. The summed E-state index contributed by atoms with van der Waals surface area (Å²) in [6.45, 7) is 16.8. The van der Waals surface area contributed by atoms with Crippen molar-refractivity contribution in [1.82, 2.24) is 20.9 Å². The zero-order valence-corrected chi connectivity index (χ0v) is 20.6. The van der Waals surface area contributed by atoms with E-state index >= 15 is 0 Å². The fourth-order valence-electron chi connectivity index (χ4n) is 2.67. The van der Waals surface area contributed by atoms with E-state index in [1.807, 2.05) is 27.7 Å². The van der Waals surface area contributed by atoms with Crippen LogP contribution in [0.3, 0.4) is 0 Å². The molecule has 0 bridgehead atoms. The van der Waals surface area contributed by atoms with E-state index < -0.39 is 0 Å². The molecule has 3 N–H and O–H groups in total. The first-order valence-corrected chi connectivity index (χ1v) is 9.90. The minimum Gasteiger partial charge on any atom is -0.357 e. The van der Waals surface area contributed by atoms with Crippen molar-refractivity contribution in [3.8, 4) is 0 Å². The molecular weight excluding hydrogens is 465 g/mol. The molecule has 1 amide bonds. The van der Waals surface area contributed by atoms with Gasteiger partial charge in [-0.05, 0) is 51.9 Å². The maximum absolute atomic E-state index is 12.0. The Balaban J connectivity index is 0.00000729. The van der Waals surface area contributed by atoms with Crippen LogP contribution in [0.15, 0.2) is 29.3 Å². The van der Waals surface area contributed by atoms with Crippen LogP contribution in [0, 0.1) is 0 Å². The molecule has 0 unspecified atom stereocenters. The molecule has 0 aliphatic carbocycles. The smallest absolute Gasteiger partial charge is 0.239 e. The molecule has 0 saturated heterocycles. The van der Waals surface area contributed by atoms with Gasteiger partial charge in [0.2, 0.25) is 5.91 Å². The monoisotopic (exact) mass is 503 g/mol. The first kappa shape index (κ1) is 26.6. The van der Waals surface area contributed by atoms with Gasteiger partial charge in [-0.2, -0.15) is 0 Å². The van der Waals surface area contributed by atoms with Crippen molar-refractivity contribution in [1.29, 1.82) is 0 Å². The summed E-state index contributed by atoms with van der Waals surface area (Å²) in [6, 6.07) is 8.54. The normalized spacial score (nSPS) is 11.8. The number of nitrogens with zero attached hydrogens (tertiary/aromatic N) is 2. The van der Waals surface area contributed by atoms with Crippen molar-refractivity contribution in [3.63, 3.8) is 0 Å². The summed E-state index contributed by atoms with van der Waals surface area (Å²) in [5.74, 6) is 0.602. The van der Waals surface area contributed by atoms with Crippen molar-refractivity contribution in [2.75, 3.05) is 26.2 Å². The topological polar surface area (TPSA) is 68.8 Å². The number of carbonyl (C=O) groups is 1. The molecule has 1 rings (SSSR count). The number of nitrogens with one attached hydrogen (secondary N) is 3. The number of rotatable bonds is 9. The molecule has 1 aromatic carbocycles. The molecule has 0 fully saturated rings. The minimum atomic E-state index is -0.237. The Morgan fingerprint density at radius 2 is 1.71 bits per heavy atom. The van der Waals surface area contributed by atoms with Crippen LogP contribution in [-0.2, 0) is 17.9 Å². The molecule has 28 heavy (non-hydrogen) atoms. The van der Waals surface area contributed by atoms with Gasteiger partial charge in [-0.25, -0.2) is 4.99 Å². The Morgan fingerprint density at radius 3 is 2.29 bits per heavy atom. The third-order valence-corrected chi connectivity index (χ3v) is 3.99. The van der Waals surface area contributed by atoms with Crippen molar-refractivity contribution in [2.45, 2.75) is 60.2 Å². The lowest BCUT2D eigenvalue weighted by molar-refractivity contribution is -0.121. The molecule has 0 heterocycles. The largest absolute Gasteiger partial charge is 0.357 e. The van der Waals surface area contributed by atoms with E-state index in [1.54, 1.807) is 0 Å². The molecule has 160 valence electrons. The molecule has 0 aromatic heterocycles. The average Bonchev–Trinajstić information content (AvgIpc) is 2.61. The number of aliphatic imine (C=N–C) groups is 1. The SMILES string of the molecule is CCNC(=NCc1cccc(CN(CC)CC)c1)NCC(=O)NC(C)(C)C.I. The highest BCUT2D eigenvalue weighted by Gasteiger charge is 2.13. The second kappa shape index (κ2) is 13.8. The molecule has 0 saturated carbocycles. The quantitative estimate of drug-likeness (QED) is 0.275. The van der Waals surface area contributed by atoms with E-state index in [1.165, 1.54) is 5.56 Å². The van der Waals surface area contributed by atoms with Gasteiger partial charge < -0.3 is 16.0 Å². The highest BCUT2D eigenvalue weighted by Crippen LogP contribution is 2.09. The zero-order valence-electron chi connectivity index (χ0n) is 18.3. The number of carbonyl (C=O) groups excluding carboxylic acids is 1. The van der Waals surface area contributed by atoms with Crippen LogP contribution in [0.5, 0.6) is 0 Å². The van der Waals surface area contributed by atoms with Gasteiger partial charge in [-0.1, -0.05) is 38.1 Å². The van der Waals surface area contributed by atoms with E-state index in [4.69, 9.17) is 0 Å². The zero-order chi connectivity index (χ0) is 20.3. The van der Waals surface area contributed by atoms with E-state index in [0.717, 1.165) is 31.7 Å². The van der Waals surface area contributed by atoms with Crippen molar-refractivity contribution in [2.24, 2.45) is 4.99 Å². The molecule has 0 radical (unpaired) electrons. The summed E-state index contributed by atoms with van der Waals surface area (Å²) in [7, 11) is 0. The molecule has 0 aliphatic heterocycles. The van der Waals surface area contributed by atoms with Crippen LogP contribution < -0.4 is 16.0 Å². The molecule has 7 heteroatoms. The van der Waals surface area contributed by atoms with Gasteiger partial charge in [0, 0.05) is 18.6 Å². The second-order valence-electron chi connectivity index (χ2n) is 7.63. The molecular formula is C21H38IN5O. The van der Waals surface area contributed by atoms with Gasteiger partial charge in [0.15, 0.2) is 5.96 Å². The van der Waals surface area contributed by atoms with Gasteiger partial charge in [0.05, 0.1) is 13.1 Å². The highest BCUT2D eigenvalue weighted by atomic mass is 127. The van der Waals surface area contributed by atoms with E-state index in [0.29, 0.717) is 12.5 Å². The predicted molar refractivity (Wildman–Crippen MR) is 129 cm³/mol. The van der Waals surface area contributed by atoms with Crippen LogP contribution in [0.4, 0.5) is 0 Å². The fraction of sp³-hybridized carbons (Fsp3) is 0.619. The van der Waals surface area contributed by atoms with Crippen molar-refractivity contribution < 1.29 is 4.79 Å². The lowest BCUT2D eigenvalue weighted by atomic mass is 10.1. The molecule has 0 atom stereocenters. The summed E-state index contributed by atoms with van der Waals surface area (Å²) < 4.78 is 0. The summed E-state index contributed by atoms with van der Waals surface area (Å²) in [4.78, 5) is 19.0. The number of guanidine groups is 1. The minimum absolute atomic E-state index is 0. The summed E-state index contributed by atoms with van der Waals surface area (Å²) >= 11 is 0. The first-order valence-electron chi connectivity index (χ1n) is 9.90. The highest BCUT2D eigenvalue weighted by molar-refractivity contribution is 14.0. The van der Waals surface area contributed by atoms with Crippen molar-refractivity contribution in [3.05, 3.63) is 35.4 Å². The van der Waals surface area contributed by atoms with Gasteiger partial charge in [0.25, 0.3) is 0 Å². The van der Waals surface area contributed by atoms with Crippen molar-refractivity contribution >= 4 is 35.8 Å². The number of amides is 1. The molecule has 0 spiro atoms. The maximum atomic E-state index is 12.0. The standard InChI is InChI=1S/C21H37N5O.HI/c1-7-22-20(24-15-19(27)25-21(4,5)6)23-14-17-11-10-12-18(13-17)16-26(8-2)9-3;/h10-13H,7-9,14-16H2,1-6H3,(H,25,27)(H2,22,23,24);1H. The van der Waals surface area contributed by atoms with Crippen LogP contribution >= 0.6 is 24.0 Å². The lowest BCUT2D eigenvalue weighted by Crippen LogP contribution is -2.48. The van der Waals surface area contributed by atoms with E-state index in [2.05, 4.69) is 64.0 Å². The van der Waals surface area contributed by atoms with Crippen LogP contribution in [-0.4, -0.2) is 48.5 Å². The van der Waals surface area contributed by atoms with Gasteiger partial charge in [-0.3, -0.25) is 9.69 Å². The van der Waals surface area contributed by atoms with Crippen LogP contribution in [0.25, 0.3) is 0 Å². The molecule has 6 nitrogen and oxygen atoms in total. The Bertz CT molecular complexity index is 609. The third kappa shape index (κ3) is 11.5. The van der Waals surface area contributed by atoms with Crippen LogP contribution in [0.2, 0.25) is 0 Å². The Labute approximate surface area is 188 Å². The third-order valence-electron chi connectivity index (χ3n) is 3.99. The molecule has 0 aliphatic rings. The van der Waals surface area contributed by atoms with Gasteiger partial charge in [0.1, 0.15) is 0 Å². The average molecular weight is 503 g/mol. The maximum Gasteiger partial charge on any atom is 0.239 e. The first-order chi connectivity index (χ1) is 12.8.